The molecule has 0 saturated carbocycles. The van der Waals surface area contributed by atoms with Gasteiger partial charge in [0.1, 0.15) is 0 Å². The highest BCUT2D eigenvalue weighted by atomic mass is 35.5. The van der Waals surface area contributed by atoms with Gasteiger partial charge in [0.25, 0.3) is 0 Å². The number of amides is 1. The van der Waals surface area contributed by atoms with Crippen LogP contribution in [0, 0.1) is 11.2 Å². The molecule has 26 heavy (non-hydrogen) atoms. The van der Waals surface area contributed by atoms with Crippen LogP contribution in [0.1, 0.15) is 32.8 Å². The lowest BCUT2D eigenvalue weighted by molar-refractivity contribution is -0.137. The van der Waals surface area contributed by atoms with Crippen molar-refractivity contribution in [2.24, 2.45) is 11.1 Å². The topological polar surface area (TPSA) is 58.8 Å². The quantitative estimate of drug-likeness (QED) is 0.843. The summed E-state index contributed by atoms with van der Waals surface area (Å²) in [5.74, 6) is -0.179. The number of methoxy groups -OCH3 is 1. The third-order valence-electron chi connectivity index (χ3n) is 5.26. The maximum Gasteiger partial charge on any atom is 0.239 e. The molecule has 0 spiro atoms. The maximum absolute atomic E-state index is 13.8. The van der Waals surface area contributed by atoms with E-state index in [1.807, 2.05) is 6.92 Å². The smallest absolute Gasteiger partial charge is 0.239 e. The average molecular weight is 388 g/mol. The van der Waals surface area contributed by atoms with E-state index in [9.17, 15) is 9.18 Å². The Morgan fingerprint density at radius 1 is 1.50 bits per heavy atom. The van der Waals surface area contributed by atoms with E-state index >= 15 is 0 Å². The number of nitrogens with two attached hydrogens (primary N) is 1. The SMILES string of the molecule is COc1ccc(CN(C)C(=O)C(C)N2CCC(N)C(C)(C)C2)cc1F.Cl. The summed E-state index contributed by atoms with van der Waals surface area (Å²) in [5, 5.41) is 0. The van der Waals surface area contributed by atoms with Crippen molar-refractivity contribution in [3.8, 4) is 5.75 Å². The highest BCUT2D eigenvalue weighted by Crippen LogP contribution is 2.29. The first-order chi connectivity index (χ1) is 11.7. The van der Waals surface area contributed by atoms with Gasteiger partial charge in [-0.05, 0) is 36.5 Å². The monoisotopic (exact) mass is 387 g/mol. The van der Waals surface area contributed by atoms with Crippen molar-refractivity contribution in [2.75, 3.05) is 27.2 Å². The standard InChI is InChI=1S/C19H30FN3O2.ClH/c1-13(23-9-8-17(21)19(2,3)12-23)18(24)22(4)11-14-6-7-16(25-5)15(20)10-14;/h6-7,10,13,17H,8-9,11-12,21H2,1-5H3;1H. The molecule has 2 atom stereocenters. The molecule has 2 N–H and O–H groups in total. The Hall–Kier alpha value is -1.37. The molecule has 0 aliphatic carbocycles. The Morgan fingerprint density at radius 2 is 2.15 bits per heavy atom. The van der Waals surface area contributed by atoms with Crippen LogP contribution in [0.15, 0.2) is 18.2 Å². The zero-order valence-electron chi connectivity index (χ0n) is 16.3. The first kappa shape index (κ1) is 22.7. The van der Waals surface area contributed by atoms with E-state index in [1.54, 1.807) is 24.1 Å². The normalized spacial score (nSPS) is 20.8. The van der Waals surface area contributed by atoms with Crippen molar-refractivity contribution in [3.63, 3.8) is 0 Å². The number of likely N-dealkylation sites (N-methyl/N-ethyl adjacent to an activating group) is 1. The molecule has 7 heteroatoms. The summed E-state index contributed by atoms with van der Waals surface area (Å²) >= 11 is 0. The van der Waals surface area contributed by atoms with Crippen LogP contribution in [0.4, 0.5) is 4.39 Å². The molecule has 1 fully saturated rings. The molecule has 2 rings (SSSR count). The van der Waals surface area contributed by atoms with Crippen molar-refractivity contribution < 1.29 is 13.9 Å². The van der Waals surface area contributed by atoms with Crippen molar-refractivity contribution in [3.05, 3.63) is 29.6 Å². The zero-order chi connectivity index (χ0) is 18.8. The van der Waals surface area contributed by atoms with E-state index in [4.69, 9.17) is 10.5 Å². The van der Waals surface area contributed by atoms with Gasteiger partial charge in [-0.15, -0.1) is 12.4 Å². The fourth-order valence-electron chi connectivity index (χ4n) is 3.38. The predicted molar refractivity (Wildman–Crippen MR) is 104 cm³/mol. The third kappa shape index (κ3) is 5.09. The van der Waals surface area contributed by atoms with Crippen molar-refractivity contribution in [1.29, 1.82) is 0 Å². The van der Waals surface area contributed by atoms with Crippen molar-refractivity contribution in [1.82, 2.24) is 9.80 Å². The Kier molecular flexibility index (Phi) is 7.86. The molecule has 0 radical (unpaired) electrons. The average Bonchev–Trinajstić information content (AvgIpc) is 2.56. The van der Waals surface area contributed by atoms with Gasteiger partial charge in [-0.25, -0.2) is 4.39 Å². The summed E-state index contributed by atoms with van der Waals surface area (Å²) in [6.45, 7) is 8.20. The molecule has 2 unspecified atom stereocenters. The Labute approximate surface area is 162 Å². The second-order valence-corrected chi connectivity index (χ2v) is 7.69. The molecule has 1 aliphatic heterocycles. The Balaban J connectivity index is 0.00000338. The first-order valence-corrected chi connectivity index (χ1v) is 8.72. The van der Waals surface area contributed by atoms with E-state index in [1.165, 1.54) is 13.2 Å². The van der Waals surface area contributed by atoms with Crippen LogP contribution in [0.2, 0.25) is 0 Å². The van der Waals surface area contributed by atoms with Crippen LogP contribution in [0.3, 0.4) is 0 Å². The molecule has 148 valence electrons. The minimum absolute atomic E-state index is 0. The molecule has 5 nitrogen and oxygen atoms in total. The van der Waals surface area contributed by atoms with E-state index in [0.717, 1.165) is 25.1 Å². The highest BCUT2D eigenvalue weighted by molar-refractivity contribution is 5.85. The van der Waals surface area contributed by atoms with Gasteiger partial charge in [0.05, 0.1) is 13.2 Å². The van der Waals surface area contributed by atoms with Gasteiger partial charge in [0.15, 0.2) is 11.6 Å². The van der Waals surface area contributed by atoms with E-state index < -0.39 is 5.82 Å². The molecule has 1 aromatic rings. The van der Waals surface area contributed by atoms with Gasteiger partial charge in [0.2, 0.25) is 5.91 Å². The summed E-state index contributed by atoms with van der Waals surface area (Å²) < 4.78 is 18.8. The summed E-state index contributed by atoms with van der Waals surface area (Å²) in [7, 11) is 3.18. The van der Waals surface area contributed by atoms with Crippen LogP contribution < -0.4 is 10.5 Å². The van der Waals surface area contributed by atoms with Crippen LogP contribution >= 0.6 is 12.4 Å². The molecule has 0 aromatic heterocycles. The lowest BCUT2D eigenvalue weighted by atomic mass is 9.79. The van der Waals surface area contributed by atoms with Crippen LogP contribution in [0.25, 0.3) is 0 Å². The number of nitrogens with zero attached hydrogens (tertiary/aromatic N) is 2. The van der Waals surface area contributed by atoms with Gasteiger partial charge < -0.3 is 15.4 Å². The number of ether oxygens (including phenoxy) is 1. The van der Waals surface area contributed by atoms with Gasteiger partial charge in [-0.1, -0.05) is 19.9 Å². The molecular formula is C19H31ClFN3O2. The summed E-state index contributed by atoms with van der Waals surface area (Å²) in [5.41, 5.74) is 6.91. The number of benzene rings is 1. The predicted octanol–water partition coefficient (Wildman–Crippen LogP) is 2.66. The summed E-state index contributed by atoms with van der Waals surface area (Å²) in [6.07, 6.45) is 0.887. The van der Waals surface area contributed by atoms with Gasteiger partial charge in [-0.3, -0.25) is 9.69 Å². The Morgan fingerprint density at radius 3 is 2.69 bits per heavy atom. The first-order valence-electron chi connectivity index (χ1n) is 8.72. The number of carbonyl (C=O) groups excluding carboxylic acids is 1. The lowest BCUT2D eigenvalue weighted by Crippen LogP contribution is -2.57. The molecule has 1 aromatic carbocycles. The number of piperidine rings is 1. The van der Waals surface area contributed by atoms with Crippen LogP contribution in [0.5, 0.6) is 5.75 Å². The molecule has 1 aliphatic rings. The third-order valence-corrected chi connectivity index (χ3v) is 5.26. The second kappa shape index (κ2) is 9.02. The van der Waals surface area contributed by atoms with E-state index in [-0.39, 0.29) is 41.6 Å². The second-order valence-electron chi connectivity index (χ2n) is 7.69. The van der Waals surface area contributed by atoms with Crippen LogP contribution in [-0.4, -0.2) is 55.0 Å². The number of carbonyl (C=O) groups is 1. The number of hydrogen-bond acceptors (Lipinski definition) is 4. The molecular weight excluding hydrogens is 357 g/mol. The molecule has 1 amide bonds. The van der Waals surface area contributed by atoms with Crippen LogP contribution in [-0.2, 0) is 11.3 Å². The molecule has 0 bridgehead atoms. The summed E-state index contributed by atoms with van der Waals surface area (Å²) in [6, 6.07) is 4.71. The number of rotatable bonds is 5. The van der Waals surface area contributed by atoms with Crippen molar-refractivity contribution >= 4 is 18.3 Å². The maximum atomic E-state index is 13.8. The van der Waals surface area contributed by atoms with Gasteiger partial charge in [-0.2, -0.15) is 0 Å². The molecule has 1 saturated heterocycles. The van der Waals surface area contributed by atoms with E-state index in [0.29, 0.717) is 6.54 Å². The lowest BCUT2D eigenvalue weighted by Gasteiger charge is -2.45. The highest BCUT2D eigenvalue weighted by Gasteiger charge is 2.37. The Bertz CT molecular complexity index is 627. The van der Waals surface area contributed by atoms with Gasteiger partial charge in [0, 0.05) is 32.7 Å². The number of hydrogen-bond donors (Lipinski definition) is 1. The minimum atomic E-state index is -0.416. The summed E-state index contributed by atoms with van der Waals surface area (Å²) in [4.78, 5) is 16.6. The van der Waals surface area contributed by atoms with Gasteiger partial charge >= 0.3 is 0 Å². The number of halogens is 2. The zero-order valence-corrected chi connectivity index (χ0v) is 17.1. The van der Waals surface area contributed by atoms with Crippen molar-refractivity contribution in [2.45, 2.75) is 45.8 Å². The fourth-order valence-corrected chi connectivity index (χ4v) is 3.38. The minimum Gasteiger partial charge on any atom is -0.494 e. The van der Waals surface area contributed by atoms with E-state index in [2.05, 4.69) is 18.7 Å². The largest absolute Gasteiger partial charge is 0.494 e. The molecule has 1 heterocycles. The fraction of sp³-hybridized carbons (Fsp3) is 0.632. The number of likely N-dealkylation sites (tertiary alicyclic amines) is 1.